The van der Waals surface area contributed by atoms with Crippen LogP contribution in [0, 0.1) is 11.3 Å². The zero-order valence-corrected chi connectivity index (χ0v) is 12.1. The standard InChI is InChI=1S/C17H16N4O/c18-9-11-7-16(20-15-4-2-1-3-14(11)15)19-12-8-17(22)21(10-12)13-5-6-13/h1-4,7,12-13H,5-6,8,10H2,(H,19,20). The van der Waals surface area contributed by atoms with E-state index in [2.05, 4.69) is 16.4 Å². The first-order valence-corrected chi connectivity index (χ1v) is 7.60. The molecule has 1 saturated heterocycles. The van der Waals surface area contributed by atoms with Gasteiger partial charge in [-0.05, 0) is 25.0 Å². The number of fused-ring (bicyclic) bond motifs is 1. The number of benzene rings is 1. The number of nitrogens with one attached hydrogen (secondary N) is 1. The molecule has 110 valence electrons. The number of likely N-dealkylation sites (tertiary alicyclic amines) is 1. The van der Waals surface area contributed by atoms with Crippen molar-refractivity contribution in [2.75, 3.05) is 11.9 Å². The molecule has 22 heavy (non-hydrogen) atoms. The van der Waals surface area contributed by atoms with Gasteiger partial charge in [0.15, 0.2) is 0 Å². The fourth-order valence-electron chi connectivity index (χ4n) is 3.12. The van der Waals surface area contributed by atoms with Crippen molar-refractivity contribution in [3.63, 3.8) is 0 Å². The molecule has 0 spiro atoms. The summed E-state index contributed by atoms with van der Waals surface area (Å²) in [6.45, 7) is 0.736. The normalized spacial score (nSPS) is 21.1. The first-order valence-electron chi connectivity index (χ1n) is 7.60. The Kier molecular flexibility index (Phi) is 2.97. The zero-order valence-electron chi connectivity index (χ0n) is 12.1. The van der Waals surface area contributed by atoms with Crippen molar-refractivity contribution < 1.29 is 4.79 Å². The van der Waals surface area contributed by atoms with Crippen LogP contribution in [0.1, 0.15) is 24.8 Å². The molecular formula is C17H16N4O. The number of anilines is 1. The fourth-order valence-corrected chi connectivity index (χ4v) is 3.12. The molecule has 1 aromatic carbocycles. The lowest BCUT2D eigenvalue weighted by molar-refractivity contribution is -0.128. The van der Waals surface area contributed by atoms with E-state index in [1.54, 1.807) is 6.07 Å². The van der Waals surface area contributed by atoms with Gasteiger partial charge in [-0.1, -0.05) is 18.2 Å². The van der Waals surface area contributed by atoms with Gasteiger partial charge in [-0.15, -0.1) is 0 Å². The zero-order chi connectivity index (χ0) is 15.1. The first-order chi connectivity index (χ1) is 10.7. The number of hydrogen-bond acceptors (Lipinski definition) is 4. The second-order valence-electron chi connectivity index (χ2n) is 6.01. The Labute approximate surface area is 128 Å². The number of hydrogen-bond donors (Lipinski definition) is 1. The maximum Gasteiger partial charge on any atom is 0.225 e. The summed E-state index contributed by atoms with van der Waals surface area (Å²) in [6, 6.07) is 12.1. The van der Waals surface area contributed by atoms with Crippen LogP contribution in [-0.2, 0) is 4.79 Å². The van der Waals surface area contributed by atoms with Gasteiger partial charge in [-0.3, -0.25) is 4.79 Å². The highest BCUT2D eigenvalue weighted by Gasteiger charge is 2.39. The van der Waals surface area contributed by atoms with Crippen molar-refractivity contribution in [3.8, 4) is 6.07 Å². The quantitative estimate of drug-likeness (QED) is 0.942. The van der Waals surface area contributed by atoms with Crippen LogP contribution in [0.2, 0.25) is 0 Å². The van der Waals surface area contributed by atoms with Crippen LogP contribution >= 0.6 is 0 Å². The number of carbonyl (C=O) groups excluding carboxylic acids is 1. The molecular weight excluding hydrogens is 276 g/mol. The van der Waals surface area contributed by atoms with Crippen LogP contribution in [0.25, 0.3) is 10.9 Å². The van der Waals surface area contributed by atoms with Gasteiger partial charge in [0.2, 0.25) is 5.91 Å². The molecule has 2 aliphatic rings. The summed E-state index contributed by atoms with van der Waals surface area (Å²) in [7, 11) is 0. The molecule has 1 unspecified atom stereocenters. The van der Waals surface area contributed by atoms with E-state index in [0.29, 0.717) is 23.8 Å². The lowest BCUT2D eigenvalue weighted by Crippen LogP contribution is -2.29. The Balaban J connectivity index is 1.59. The van der Waals surface area contributed by atoms with Crippen LogP contribution in [0.5, 0.6) is 0 Å². The van der Waals surface area contributed by atoms with E-state index in [-0.39, 0.29) is 11.9 Å². The minimum Gasteiger partial charge on any atom is -0.365 e. The minimum absolute atomic E-state index is 0.0771. The van der Waals surface area contributed by atoms with E-state index in [4.69, 9.17) is 0 Å². The highest BCUT2D eigenvalue weighted by molar-refractivity contribution is 5.86. The molecule has 1 atom stereocenters. The van der Waals surface area contributed by atoms with Crippen molar-refractivity contribution in [3.05, 3.63) is 35.9 Å². The van der Waals surface area contributed by atoms with E-state index in [0.717, 1.165) is 30.3 Å². The van der Waals surface area contributed by atoms with Gasteiger partial charge in [-0.25, -0.2) is 4.98 Å². The molecule has 1 N–H and O–H groups in total. The van der Waals surface area contributed by atoms with Crippen LogP contribution < -0.4 is 5.32 Å². The average molecular weight is 292 g/mol. The van der Waals surface area contributed by atoms with Crippen molar-refractivity contribution in [1.82, 2.24) is 9.88 Å². The third kappa shape index (κ3) is 2.27. The highest BCUT2D eigenvalue weighted by atomic mass is 16.2. The van der Waals surface area contributed by atoms with Crippen LogP contribution in [0.15, 0.2) is 30.3 Å². The number of nitrogens with zero attached hydrogens (tertiary/aromatic N) is 3. The van der Waals surface area contributed by atoms with Crippen LogP contribution in [0.4, 0.5) is 5.82 Å². The molecule has 1 aliphatic heterocycles. The molecule has 1 aliphatic carbocycles. The van der Waals surface area contributed by atoms with Crippen LogP contribution in [-0.4, -0.2) is 34.4 Å². The number of nitriles is 1. The summed E-state index contributed by atoms with van der Waals surface area (Å²) in [4.78, 5) is 18.5. The Morgan fingerprint density at radius 2 is 2.14 bits per heavy atom. The lowest BCUT2D eigenvalue weighted by Gasteiger charge is -2.16. The second kappa shape index (κ2) is 4.99. The molecule has 4 rings (SSSR count). The maximum atomic E-state index is 12.0. The van der Waals surface area contributed by atoms with Gasteiger partial charge in [0, 0.05) is 24.4 Å². The van der Waals surface area contributed by atoms with Crippen molar-refractivity contribution >= 4 is 22.6 Å². The van der Waals surface area contributed by atoms with Crippen molar-refractivity contribution in [2.45, 2.75) is 31.3 Å². The number of carbonyl (C=O) groups is 1. The van der Waals surface area contributed by atoms with Gasteiger partial charge in [-0.2, -0.15) is 5.26 Å². The number of rotatable bonds is 3. The van der Waals surface area contributed by atoms with Gasteiger partial charge in [0.25, 0.3) is 0 Å². The molecule has 0 radical (unpaired) electrons. The van der Waals surface area contributed by atoms with E-state index >= 15 is 0 Å². The number of aromatic nitrogens is 1. The van der Waals surface area contributed by atoms with Gasteiger partial charge < -0.3 is 10.2 Å². The SMILES string of the molecule is N#Cc1cc(NC2CC(=O)N(C3CC3)C2)nc2ccccc12. The summed E-state index contributed by atoms with van der Waals surface area (Å²) in [5, 5.41) is 13.5. The smallest absolute Gasteiger partial charge is 0.225 e. The lowest BCUT2D eigenvalue weighted by atomic mass is 10.1. The molecule has 1 amide bonds. The van der Waals surface area contributed by atoms with E-state index in [1.807, 2.05) is 29.2 Å². The summed E-state index contributed by atoms with van der Waals surface area (Å²) >= 11 is 0. The first kappa shape index (κ1) is 13.1. The Hall–Kier alpha value is -2.61. The Bertz CT molecular complexity index is 791. The van der Waals surface area contributed by atoms with E-state index in [1.165, 1.54) is 0 Å². The topological polar surface area (TPSA) is 69.0 Å². The summed E-state index contributed by atoms with van der Waals surface area (Å²) in [5.41, 5.74) is 1.41. The molecule has 1 saturated carbocycles. The summed E-state index contributed by atoms with van der Waals surface area (Å²) < 4.78 is 0. The third-order valence-electron chi connectivity index (χ3n) is 4.33. The van der Waals surface area contributed by atoms with Crippen molar-refractivity contribution in [2.24, 2.45) is 0 Å². The highest BCUT2D eigenvalue weighted by Crippen LogP contribution is 2.31. The van der Waals surface area contributed by atoms with Crippen molar-refractivity contribution in [1.29, 1.82) is 5.26 Å². The molecule has 2 heterocycles. The average Bonchev–Trinajstić information content (AvgIpc) is 3.30. The molecule has 2 fully saturated rings. The predicted octanol–water partition coefficient (Wildman–Crippen LogP) is 2.28. The fraction of sp³-hybridized carbons (Fsp3) is 0.353. The van der Waals surface area contributed by atoms with E-state index in [9.17, 15) is 10.1 Å². The molecule has 5 nitrogen and oxygen atoms in total. The monoisotopic (exact) mass is 292 g/mol. The number of pyridine rings is 1. The van der Waals surface area contributed by atoms with Gasteiger partial charge in [0.1, 0.15) is 5.82 Å². The predicted molar refractivity (Wildman–Crippen MR) is 83.2 cm³/mol. The molecule has 0 bridgehead atoms. The van der Waals surface area contributed by atoms with Crippen LogP contribution in [0.3, 0.4) is 0 Å². The summed E-state index contributed by atoms with van der Waals surface area (Å²) in [5.74, 6) is 0.895. The van der Waals surface area contributed by atoms with Gasteiger partial charge >= 0.3 is 0 Å². The number of amides is 1. The molecule has 1 aromatic heterocycles. The van der Waals surface area contributed by atoms with E-state index < -0.39 is 0 Å². The minimum atomic E-state index is 0.0771. The number of para-hydroxylation sites is 1. The molecule has 2 aromatic rings. The second-order valence-corrected chi connectivity index (χ2v) is 6.01. The third-order valence-corrected chi connectivity index (χ3v) is 4.33. The molecule has 5 heteroatoms. The Morgan fingerprint density at radius 3 is 2.91 bits per heavy atom. The van der Waals surface area contributed by atoms with Gasteiger partial charge in [0.05, 0.1) is 23.2 Å². The largest absolute Gasteiger partial charge is 0.365 e. The summed E-state index contributed by atoms with van der Waals surface area (Å²) in [6.07, 6.45) is 2.77. The maximum absolute atomic E-state index is 12.0. The Morgan fingerprint density at radius 1 is 1.32 bits per heavy atom.